The minimum absolute atomic E-state index is 0.0568. The molecule has 0 bridgehead atoms. The molecule has 8 nitrogen and oxygen atoms in total. The van der Waals surface area contributed by atoms with E-state index < -0.39 is 12.0 Å². The second-order valence-corrected chi connectivity index (χ2v) is 9.59. The van der Waals surface area contributed by atoms with Crippen LogP contribution in [0.2, 0.25) is 10.0 Å². The van der Waals surface area contributed by atoms with E-state index >= 15 is 0 Å². The number of aromatic nitrogens is 1. The highest BCUT2D eigenvalue weighted by Gasteiger charge is 2.29. The maximum absolute atomic E-state index is 12.4. The average Bonchev–Trinajstić information content (AvgIpc) is 3.13. The van der Waals surface area contributed by atoms with E-state index in [1.165, 1.54) is 23.8 Å². The van der Waals surface area contributed by atoms with Gasteiger partial charge in [-0.3, -0.25) is 14.3 Å². The van der Waals surface area contributed by atoms with Gasteiger partial charge in [-0.1, -0.05) is 49.2 Å². The third-order valence-corrected chi connectivity index (χ3v) is 6.32. The summed E-state index contributed by atoms with van der Waals surface area (Å²) < 4.78 is 12.6. The van der Waals surface area contributed by atoms with Crippen LogP contribution < -0.4 is 9.47 Å². The lowest BCUT2D eigenvalue weighted by molar-refractivity contribution is -0.144. The van der Waals surface area contributed by atoms with E-state index in [-0.39, 0.29) is 30.8 Å². The van der Waals surface area contributed by atoms with Crippen molar-refractivity contribution in [3.8, 4) is 23.3 Å². The number of carboxylic acids is 1. The molecule has 0 saturated heterocycles. The second-order valence-electron chi connectivity index (χ2n) is 8.77. The summed E-state index contributed by atoms with van der Waals surface area (Å²) in [4.78, 5) is 14.2. The summed E-state index contributed by atoms with van der Waals surface area (Å²) in [5, 5.41) is 30.3. The second kappa shape index (κ2) is 12.3. The number of hydrogen-bond donors (Lipinski definition) is 3. The fourth-order valence-electron chi connectivity index (χ4n) is 4.01. The molecule has 3 rings (SSSR count). The number of aliphatic carboxylic acids is 1. The normalized spacial score (nSPS) is 12.2. The van der Waals surface area contributed by atoms with Crippen molar-refractivity contribution in [2.24, 2.45) is 5.92 Å². The molecule has 0 aliphatic heterocycles. The number of halogens is 2. The van der Waals surface area contributed by atoms with Gasteiger partial charge < -0.3 is 24.8 Å². The molecule has 1 heterocycles. The lowest BCUT2D eigenvalue weighted by atomic mass is 10.0. The first kappa shape index (κ1) is 27.5. The summed E-state index contributed by atoms with van der Waals surface area (Å²) in [6.07, 6.45) is 0. The predicted octanol–water partition coefficient (Wildman–Crippen LogP) is 5.58. The van der Waals surface area contributed by atoms with E-state index in [9.17, 15) is 20.1 Å². The van der Waals surface area contributed by atoms with Crippen LogP contribution in [0.1, 0.15) is 31.0 Å². The first-order chi connectivity index (χ1) is 17.1. The predicted molar refractivity (Wildman–Crippen MR) is 138 cm³/mol. The summed E-state index contributed by atoms with van der Waals surface area (Å²) in [7, 11) is 1.53. The van der Waals surface area contributed by atoms with Crippen molar-refractivity contribution in [2.75, 3.05) is 20.3 Å². The third kappa shape index (κ3) is 6.78. The fourth-order valence-corrected chi connectivity index (χ4v) is 4.32. The Labute approximate surface area is 220 Å². The van der Waals surface area contributed by atoms with Gasteiger partial charge in [0.15, 0.2) is 23.3 Å². The molecule has 0 aliphatic carbocycles. The number of rotatable bonds is 12. The summed E-state index contributed by atoms with van der Waals surface area (Å²) in [5.74, 6) is 0.0803. The minimum atomic E-state index is -0.988. The maximum Gasteiger partial charge on any atom is 0.325 e. The molecule has 194 valence electrons. The molecule has 0 aliphatic rings. The molecule has 0 fully saturated rings. The van der Waals surface area contributed by atoms with Crippen LogP contribution in [0.15, 0.2) is 48.5 Å². The summed E-state index contributed by atoms with van der Waals surface area (Å²) >= 11 is 12.2. The maximum atomic E-state index is 12.4. The quantitative estimate of drug-likeness (QED) is 0.277. The fraction of sp³-hybridized carbons (Fsp3) is 0.346. The van der Waals surface area contributed by atoms with Crippen LogP contribution in [0.25, 0.3) is 0 Å². The number of aromatic hydroxyl groups is 2. The highest BCUT2D eigenvalue weighted by molar-refractivity contribution is 6.42. The van der Waals surface area contributed by atoms with Crippen molar-refractivity contribution in [1.82, 2.24) is 9.47 Å². The minimum Gasteiger partial charge on any atom is -0.494 e. The Balaban J connectivity index is 1.80. The molecule has 3 aromatic rings. The molecule has 0 saturated carbocycles. The van der Waals surface area contributed by atoms with Gasteiger partial charge in [-0.2, -0.15) is 0 Å². The van der Waals surface area contributed by atoms with Crippen LogP contribution in [0.5, 0.6) is 23.3 Å². The van der Waals surface area contributed by atoms with Crippen LogP contribution in [0.4, 0.5) is 0 Å². The molecule has 10 heteroatoms. The number of nitrogens with zero attached hydrogens (tertiary/aromatic N) is 2. The topological polar surface area (TPSA) is 104 Å². The van der Waals surface area contributed by atoms with E-state index in [1.807, 2.05) is 24.8 Å². The first-order valence-electron chi connectivity index (χ1n) is 11.4. The smallest absolute Gasteiger partial charge is 0.325 e. The number of benzene rings is 2. The summed E-state index contributed by atoms with van der Waals surface area (Å²) in [6.45, 7) is 5.35. The molecular formula is C26H30Cl2N2O6. The van der Waals surface area contributed by atoms with E-state index in [1.54, 1.807) is 30.3 Å². The van der Waals surface area contributed by atoms with Gasteiger partial charge in [0.25, 0.3) is 0 Å². The molecule has 2 aromatic carbocycles. The van der Waals surface area contributed by atoms with Crippen LogP contribution in [0.3, 0.4) is 0 Å². The van der Waals surface area contributed by atoms with Gasteiger partial charge in [-0.05, 0) is 41.3 Å². The van der Waals surface area contributed by atoms with Crippen molar-refractivity contribution < 1.29 is 29.6 Å². The van der Waals surface area contributed by atoms with Crippen molar-refractivity contribution in [1.29, 1.82) is 0 Å². The zero-order chi connectivity index (χ0) is 26.4. The van der Waals surface area contributed by atoms with Gasteiger partial charge in [0.2, 0.25) is 0 Å². The summed E-state index contributed by atoms with van der Waals surface area (Å²) in [5.41, 5.74) is 1.38. The van der Waals surface area contributed by atoms with E-state index in [0.717, 1.165) is 5.56 Å². The molecule has 0 spiro atoms. The molecular weight excluding hydrogens is 507 g/mol. The van der Waals surface area contributed by atoms with Crippen LogP contribution in [-0.4, -0.2) is 51.0 Å². The lowest BCUT2D eigenvalue weighted by Gasteiger charge is -2.31. The van der Waals surface area contributed by atoms with Gasteiger partial charge in [0.1, 0.15) is 12.6 Å². The zero-order valence-electron chi connectivity index (χ0n) is 20.3. The lowest BCUT2D eigenvalue weighted by Crippen LogP contribution is -2.36. The monoisotopic (exact) mass is 536 g/mol. The Bertz CT molecular complexity index is 1180. The summed E-state index contributed by atoms with van der Waals surface area (Å²) in [6, 6.07) is 12.2. The van der Waals surface area contributed by atoms with Gasteiger partial charge in [-0.15, -0.1) is 0 Å². The van der Waals surface area contributed by atoms with E-state index in [2.05, 4.69) is 0 Å². The van der Waals surface area contributed by atoms with Crippen molar-refractivity contribution >= 4 is 29.2 Å². The van der Waals surface area contributed by atoms with Gasteiger partial charge in [0, 0.05) is 25.2 Å². The third-order valence-electron chi connectivity index (χ3n) is 5.58. The molecule has 1 aromatic heterocycles. The van der Waals surface area contributed by atoms with Crippen LogP contribution in [-0.2, 0) is 17.9 Å². The number of hydrogen-bond acceptors (Lipinski definition) is 6. The first-order valence-corrected chi connectivity index (χ1v) is 12.1. The molecule has 0 radical (unpaired) electrons. The highest BCUT2D eigenvalue weighted by Crippen LogP contribution is 2.33. The standard InChI is InChI=1S/C26H30Cl2N2O6/c1-16(2)14-29(25(26(33)34)18-5-6-19(27)20(28)13-18)15-17-4-7-21(22(12-17)35-3)36-11-10-30-23(31)8-9-24(30)32/h4-9,12-13,16,25,31-32H,10-11,14-15H2,1-3H3,(H,33,34)/t25-/m1/s1. The SMILES string of the molecule is COc1cc(CN(CC(C)C)[C@@H](C(=O)O)c2ccc(Cl)c(Cl)c2)ccc1OCCn1c(O)ccc1O. The molecule has 0 amide bonds. The highest BCUT2D eigenvalue weighted by atomic mass is 35.5. The average molecular weight is 537 g/mol. The van der Waals surface area contributed by atoms with Gasteiger partial charge >= 0.3 is 5.97 Å². The Hall–Kier alpha value is -3.07. The van der Waals surface area contributed by atoms with Crippen LogP contribution >= 0.6 is 23.2 Å². The van der Waals surface area contributed by atoms with Crippen molar-refractivity contribution in [3.63, 3.8) is 0 Å². The van der Waals surface area contributed by atoms with E-state index in [4.69, 9.17) is 32.7 Å². The number of methoxy groups -OCH3 is 1. The van der Waals surface area contributed by atoms with Crippen LogP contribution in [0, 0.1) is 5.92 Å². The molecule has 0 unspecified atom stereocenters. The number of ether oxygens (including phenoxy) is 2. The molecule has 3 N–H and O–H groups in total. The van der Waals surface area contributed by atoms with Gasteiger partial charge in [-0.25, -0.2) is 0 Å². The van der Waals surface area contributed by atoms with Gasteiger partial charge in [0.05, 0.1) is 23.7 Å². The van der Waals surface area contributed by atoms with E-state index in [0.29, 0.717) is 40.2 Å². The number of carboxylic acid groups (broad SMARTS) is 1. The Kier molecular flexibility index (Phi) is 9.37. The largest absolute Gasteiger partial charge is 0.494 e. The number of carbonyl (C=O) groups is 1. The molecule has 1 atom stereocenters. The Morgan fingerprint density at radius 3 is 2.28 bits per heavy atom. The zero-order valence-corrected chi connectivity index (χ0v) is 21.8. The Morgan fingerprint density at radius 2 is 1.69 bits per heavy atom. The molecule has 36 heavy (non-hydrogen) atoms. The Morgan fingerprint density at radius 1 is 1.00 bits per heavy atom. The van der Waals surface area contributed by atoms with Crippen molar-refractivity contribution in [3.05, 3.63) is 69.7 Å². The van der Waals surface area contributed by atoms with Crippen molar-refractivity contribution in [2.45, 2.75) is 33.0 Å².